The minimum absolute atomic E-state index is 0.0903. The van der Waals surface area contributed by atoms with Crippen molar-refractivity contribution in [1.29, 1.82) is 0 Å². The summed E-state index contributed by atoms with van der Waals surface area (Å²) in [5, 5.41) is 0.454. The molecule has 0 radical (unpaired) electrons. The first-order valence-electron chi connectivity index (χ1n) is 9.94. The summed E-state index contributed by atoms with van der Waals surface area (Å²) in [7, 11) is -3.83. The van der Waals surface area contributed by atoms with E-state index in [9.17, 15) is 13.2 Å². The van der Waals surface area contributed by atoms with Crippen molar-refractivity contribution in [3.8, 4) is 0 Å². The van der Waals surface area contributed by atoms with Crippen molar-refractivity contribution in [3.05, 3.63) is 59.4 Å². The van der Waals surface area contributed by atoms with Crippen LogP contribution in [0.1, 0.15) is 19.4 Å². The molecular weight excluding hydrogens is 424 g/mol. The number of aromatic nitrogens is 1. The predicted octanol–water partition coefficient (Wildman–Crippen LogP) is 2.38. The lowest BCUT2D eigenvalue weighted by atomic mass is 10.0. The molecule has 2 heterocycles. The predicted molar refractivity (Wildman–Crippen MR) is 116 cm³/mol. The van der Waals surface area contributed by atoms with Crippen LogP contribution in [-0.4, -0.2) is 61.3 Å². The Morgan fingerprint density at radius 1 is 1.07 bits per heavy atom. The average molecular weight is 451 g/mol. The molecule has 1 aromatic carbocycles. The van der Waals surface area contributed by atoms with E-state index in [1.165, 1.54) is 29.8 Å². The lowest BCUT2D eigenvalue weighted by molar-refractivity contribution is -0.135. The van der Waals surface area contributed by atoms with Gasteiger partial charge in [0.25, 0.3) is 0 Å². The number of rotatable bonds is 7. The Hall–Kier alpha value is -2.00. The number of hydrogen-bond acceptors (Lipinski definition) is 5. The fourth-order valence-corrected chi connectivity index (χ4v) is 4.85. The van der Waals surface area contributed by atoms with Crippen molar-refractivity contribution in [3.63, 3.8) is 0 Å². The Kier molecular flexibility index (Phi) is 7.46. The maximum Gasteiger partial charge on any atom is 0.241 e. The summed E-state index contributed by atoms with van der Waals surface area (Å²) in [5.74, 6) is -0.375. The molecule has 0 bridgehead atoms. The summed E-state index contributed by atoms with van der Waals surface area (Å²) < 4.78 is 28.1. The van der Waals surface area contributed by atoms with E-state index in [1.54, 1.807) is 17.3 Å². The fourth-order valence-electron chi connectivity index (χ4n) is 3.39. The SMILES string of the molecule is CC(C)[C@H](NS(=O)(=O)c1ccc(Cl)cc1)C(=O)N1CCN(Cc2ccncc2)CC1. The van der Waals surface area contributed by atoms with Crippen molar-refractivity contribution in [2.24, 2.45) is 5.92 Å². The number of pyridine rings is 1. The second-order valence-corrected chi connectivity index (χ2v) is 9.90. The van der Waals surface area contributed by atoms with E-state index in [0.29, 0.717) is 18.1 Å². The van der Waals surface area contributed by atoms with Gasteiger partial charge in [0.2, 0.25) is 15.9 Å². The zero-order valence-corrected chi connectivity index (χ0v) is 18.7. The topological polar surface area (TPSA) is 82.6 Å². The largest absolute Gasteiger partial charge is 0.339 e. The van der Waals surface area contributed by atoms with Crippen molar-refractivity contribution in [1.82, 2.24) is 19.5 Å². The highest BCUT2D eigenvalue weighted by molar-refractivity contribution is 7.89. The Morgan fingerprint density at radius 3 is 2.23 bits per heavy atom. The monoisotopic (exact) mass is 450 g/mol. The normalized spacial score (nSPS) is 16.6. The fraction of sp³-hybridized carbons (Fsp3) is 0.429. The summed E-state index contributed by atoms with van der Waals surface area (Å²) >= 11 is 5.85. The second-order valence-electron chi connectivity index (χ2n) is 7.75. The number of amides is 1. The average Bonchev–Trinajstić information content (AvgIpc) is 2.73. The van der Waals surface area contributed by atoms with Gasteiger partial charge >= 0.3 is 0 Å². The van der Waals surface area contributed by atoms with Gasteiger partial charge in [-0.15, -0.1) is 0 Å². The standard InChI is InChI=1S/C21H27ClN4O3S/c1-16(2)20(24-30(28,29)19-5-3-18(22)4-6-19)21(27)26-13-11-25(12-14-26)15-17-7-9-23-10-8-17/h3-10,16,20,24H,11-15H2,1-2H3/t20-/m0/s1. The van der Waals surface area contributed by atoms with Gasteiger partial charge in [-0.3, -0.25) is 14.7 Å². The first-order chi connectivity index (χ1) is 14.3. The smallest absolute Gasteiger partial charge is 0.241 e. The summed E-state index contributed by atoms with van der Waals surface area (Å²) in [5.41, 5.74) is 1.18. The molecule has 1 fully saturated rings. The van der Waals surface area contributed by atoms with Crippen molar-refractivity contribution >= 4 is 27.5 Å². The molecule has 2 aromatic rings. The van der Waals surface area contributed by atoms with Gasteiger partial charge < -0.3 is 4.90 Å². The second kappa shape index (κ2) is 9.87. The van der Waals surface area contributed by atoms with Gasteiger partial charge in [-0.2, -0.15) is 4.72 Å². The molecule has 3 rings (SSSR count). The highest BCUT2D eigenvalue weighted by Crippen LogP contribution is 2.17. The Labute approximate surface area is 183 Å². The van der Waals surface area contributed by atoms with Gasteiger partial charge in [0.1, 0.15) is 6.04 Å². The number of carbonyl (C=O) groups is 1. The molecule has 0 aliphatic carbocycles. The summed E-state index contributed by atoms with van der Waals surface area (Å²) in [4.78, 5) is 21.3. The van der Waals surface area contributed by atoms with Gasteiger partial charge in [0, 0.05) is 50.1 Å². The number of carbonyl (C=O) groups excluding carboxylic acids is 1. The van der Waals surface area contributed by atoms with E-state index in [1.807, 2.05) is 26.0 Å². The van der Waals surface area contributed by atoms with E-state index in [2.05, 4.69) is 14.6 Å². The summed E-state index contributed by atoms with van der Waals surface area (Å²) in [6, 6.07) is 9.05. The molecule has 1 saturated heterocycles. The zero-order chi connectivity index (χ0) is 21.7. The van der Waals surface area contributed by atoms with Crippen molar-refractivity contribution in [2.75, 3.05) is 26.2 Å². The molecule has 1 aliphatic heterocycles. The molecule has 1 amide bonds. The molecule has 9 heteroatoms. The van der Waals surface area contributed by atoms with Gasteiger partial charge in [0.05, 0.1) is 4.90 Å². The van der Waals surface area contributed by atoms with Gasteiger partial charge in [0.15, 0.2) is 0 Å². The van der Waals surface area contributed by atoms with Crippen LogP contribution >= 0.6 is 11.6 Å². The van der Waals surface area contributed by atoms with E-state index < -0.39 is 16.1 Å². The third-order valence-corrected chi connectivity index (χ3v) is 6.89. The van der Waals surface area contributed by atoms with E-state index in [-0.39, 0.29) is 16.7 Å². The van der Waals surface area contributed by atoms with E-state index >= 15 is 0 Å². The first kappa shape index (κ1) is 22.7. The van der Waals surface area contributed by atoms with Crippen LogP contribution in [0.5, 0.6) is 0 Å². The van der Waals surface area contributed by atoms with Crippen LogP contribution < -0.4 is 4.72 Å². The maximum absolute atomic E-state index is 13.1. The number of piperazine rings is 1. The van der Waals surface area contributed by atoms with Crippen molar-refractivity contribution < 1.29 is 13.2 Å². The summed E-state index contributed by atoms with van der Waals surface area (Å²) in [6.45, 7) is 7.10. The minimum atomic E-state index is -3.83. The highest BCUT2D eigenvalue weighted by atomic mass is 35.5. The molecule has 1 N–H and O–H groups in total. The van der Waals surface area contributed by atoms with Crippen LogP contribution in [0.4, 0.5) is 0 Å². The molecule has 162 valence electrons. The van der Waals surface area contributed by atoms with Gasteiger partial charge in [-0.1, -0.05) is 25.4 Å². The van der Waals surface area contributed by atoms with Crippen LogP contribution in [0.15, 0.2) is 53.7 Å². The van der Waals surface area contributed by atoms with Crippen LogP contribution in [0.25, 0.3) is 0 Å². The number of nitrogens with zero attached hydrogens (tertiary/aromatic N) is 3. The Morgan fingerprint density at radius 2 is 1.67 bits per heavy atom. The maximum atomic E-state index is 13.1. The van der Waals surface area contributed by atoms with E-state index in [4.69, 9.17) is 11.6 Å². The summed E-state index contributed by atoms with van der Waals surface area (Å²) in [6.07, 6.45) is 3.55. The number of hydrogen-bond donors (Lipinski definition) is 1. The zero-order valence-electron chi connectivity index (χ0n) is 17.2. The third-order valence-electron chi connectivity index (χ3n) is 5.18. The molecule has 30 heavy (non-hydrogen) atoms. The van der Waals surface area contributed by atoms with Gasteiger partial charge in [-0.05, 0) is 47.9 Å². The molecular formula is C21H27ClN4O3S. The lowest BCUT2D eigenvalue weighted by Gasteiger charge is -2.37. The Balaban J connectivity index is 1.62. The quantitative estimate of drug-likeness (QED) is 0.700. The van der Waals surface area contributed by atoms with Crippen LogP contribution in [0, 0.1) is 5.92 Å². The van der Waals surface area contributed by atoms with Crippen LogP contribution in [-0.2, 0) is 21.4 Å². The van der Waals surface area contributed by atoms with Crippen LogP contribution in [0.3, 0.4) is 0 Å². The third kappa shape index (κ3) is 5.78. The molecule has 0 spiro atoms. The molecule has 1 atom stereocenters. The minimum Gasteiger partial charge on any atom is -0.339 e. The van der Waals surface area contributed by atoms with E-state index in [0.717, 1.165) is 19.6 Å². The van der Waals surface area contributed by atoms with Crippen molar-refractivity contribution in [2.45, 2.75) is 31.3 Å². The van der Waals surface area contributed by atoms with Crippen LogP contribution in [0.2, 0.25) is 5.02 Å². The lowest BCUT2D eigenvalue weighted by Crippen LogP contribution is -2.56. The number of halogens is 1. The highest BCUT2D eigenvalue weighted by Gasteiger charge is 2.33. The number of benzene rings is 1. The Bertz CT molecular complexity index is 944. The van der Waals surface area contributed by atoms with Gasteiger partial charge in [-0.25, -0.2) is 8.42 Å². The molecule has 0 unspecified atom stereocenters. The molecule has 7 nitrogen and oxygen atoms in total. The molecule has 0 saturated carbocycles. The molecule has 1 aliphatic rings. The number of nitrogens with one attached hydrogen (secondary N) is 1. The molecule has 1 aromatic heterocycles. The first-order valence-corrected chi connectivity index (χ1v) is 11.8. The number of sulfonamides is 1.